The van der Waals surface area contributed by atoms with Gasteiger partial charge >= 0.3 is 0 Å². The van der Waals surface area contributed by atoms with E-state index in [1.165, 1.54) is 25.9 Å². The van der Waals surface area contributed by atoms with Gasteiger partial charge in [0.25, 0.3) is 0 Å². The molecule has 1 atom stereocenters. The van der Waals surface area contributed by atoms with E-state index in [2.05, 4.69) is 22.1 Å². The van der Waals surface area contributed by atoms with Crippen molar-refractivity contribution < 1.29 is 9.21 Å². The molecule has 152 valence electrons. The third kappa shape index (κ3) is 6.35. The lowest BCUT2D eigenvalue weighted by atomic mass is 10.0. The molecule has 2 heterocycles. The highest BCUT2D eigenvalue weighted by molar-refractivity contribution is 6.33. The normalized spacial score (nSPS) is 17.6. The first-order valence-corrected chi connectivity index (χ1v) is 10.7. The first kappa shape index (κ1) is 20.9. The van der Waals surface area contributed by atoms with Gasteiger partial charge in [-0.05, 0) is 56.8 Å². The maximum absolute atomic E-state index is 12.0. The van der Waals surface area contributed by atoms with Crippen molar-refractivity contribution in [3.05, 3.63) is 41.4 Å². The van der Waals surface area contributed by atoms with Crippen molar-refractivity contribution in [2.75, 3.05) is 26.2 Å². The largest absolute Gasteiger partial charge is 0.441 e. The highest BCUT2D eigenvalue weighted by atomic mass is 35.5. The number of benzene rings is 1. The molecule has 1 aromatic heterocycles. The molecule has 1 aromatic carbocycles. The van der Waals surface area contributed by atoms with Gasteiger partial charge < -0.3 is 14.6 Å². The molecule has 0 saturated carbocycles. The molecule has 1 fully saturated rings. The summed E-state index contributed by atoms with van der Waals surface area (Å²) in [6, 6.07) is 7.49. The van der Waals surface area contributed by atoms with Gasteiger partial charge in [0.15, 0.2) is 11.7 Å². The number of oxazole rings is 1. The fourth-order valence-corrected chi connectivity index (χ4v) is 3.93. The lowest BCUT2D eigenvalue weighted by Crippen LogP contribution is -2.35. The maximum Gasteiger partial charge on any atom is 0.220 e. The molecule has 1 amide bonds. The number of aromatic nitrogens is 1. The molecule has 1 N–H and O–H groups in total. The number of aryl methyl sites for hydroxylation is 1. The number of likely N-dealkylation sites (tertiary alicyclic amines) is 1. The molecular weight excluding hydrogens is 374 g/mol. The average Bonchev–Trinajstić information content (AvgIpc) is 3.15. The number of rotatable bonds is 9. The fourth-order valence-electron chi connectivity index (χ4n) is 3.70. The summed E-state index contributed by atoms with van der Waals surface area (Å²) in [5, 5.41) is 3.63. The summed E-state index contributed by atoms with van der Waals surface area (Å²) in [6.07, 6.45) is 7.36. The van der Waals surface area contributed by atoms with Crippen LogP contribution in [-0.2, 0) is 11.2 Å². The summed E-state index contributed by atoms with van der Waals surface area (Å²) < 4.78 is 5.74. The van der Waals surface area contributed by atoms with E-state index in [4.69, 9.17) is 16.0 Å². The van der Waals surface area contributed by atoms with Crippen LogP contribution in [0.5, 0.6) is 0 Å². The van der Waals surface area contributed by atoms with Crippen LogP contribution in [-0.4, -0.2) is 42.0 Å². The van der Waals surface area contributed by atoms with E-state index in [9.17, 15) is 4.79 Å². The van der Waals surface area contributed by atoms with E-state index in [0.717, 1.165) is 37.4 Å². The predicted octanol–water partition coefficient (Wildman–Crippen LogP) is 4.56. The number of hydrogen-bond acceptors (Lipinski definition) is 4. The summed E-state index contributed by atoms with van der Waals surface area (Å²) in [4.78, 5) is 18.9. The molecule has 0 radical (unpaired) electrons. The number of carbonyl (C=O) groups is 1. The van der Waals surface area contributed by atoms with E-state index in [1.807, 2.05) is 24.3 Å². The smallest absolute Gasteiger partial charge is 0.220 e. The van der Waals surface area contributed by atoms with Crippen molar-refractivity contribution in [2.24, 2.45) is 5.92 Å². The topological polar surface area (TPSA) is 58.4 Å². The van der Waals surface area contributed by atoms with E-state index in [1.54, 1.807) is 6.20 Å². The number of nitrogens with zero attached hydrogens (tertiary/aromatic N) is 2. The van der Waals surface area contributed by atoms with Gasteiger partial charge in [-0.3, -0.25) is 4.79 Å². The molecule has 1 aliphatic heterocycles. The first-order valence-electron chi connectivity index (χ1n) is 10.3. The number of halogens is 1. The van der Waals surface area contributed by atoms with Gasteiger partial charge in [-0.25, -0.2) is 4.98 Å². The number of hydrogen-bond donors (Lipinski definition) is 1. The maximum atomic E-state index is 12.0. The molecule has 6 heteroatoms. The Bertz CT molecular complexity index is 762. The number of unbranched alkanes of at least 4 members (excludes halogenated alkanes) is 1. The van der Waals surface area contributed by atoms with Crippen LogP contribution >= 0.6 is 11.6 Å². The molecule has 1 unspecified atom stereocenters. The van der Waals surface area contributed by atoms with Crippen LogP contribution in [0.3, 0.4) is 0 Å². The van der Waals surface area contributed by atoms with Crippen molar-refractivity contribution in [3.8, 4) is 11.3 Å². The Labute approximate surface area is 172 Å². The predicted molar refractivity (Wildman–Crippen MR) is 112 cm³/mol. The molecule has 1 saturated heterocycles. The van der Waals surface area contributed by atoms with Gasteiger partial charge in [0.2, 0.25) is 5.91 Å². The van der Waals surface area contributed by atoms with Gasteiger partial charge in [-0.1, -0.05) is 30.7 Å². The highest BCUT2D eigenvalue weighted by Crippen LogP contribution is 2.28. The summed E-state index contributed by atoms with van der Waals surface area (Å²) in [7, 11) is 0. The van der Waals surface area contributed by atoms with Crippen LogP contribution in [0.1, 0.15) is 44.9 Å². The van der Waals surface area contributed by atoms with Crippen LogP contribution in [0.25, 0.3) is 11.3 Å². The van der Waals surface area contributed by atoms with Crippen LogP contribution in [0.4, 0.5) is 0 Å². The number of carbonyl (C=O) groups excluding carboxylic acids is 1. The summed E-state index contributed by atoms with van der Waals surface area (Å²) in [5.74, 6) is 2.06. The zero-order valence-corrected chi connectivity index (χ0v) is 17.4. The summed E-state index contributed by atoms with van der Waals surface area (Å²) in [5.41, 5.74) is 0.815. The fraction of sp³-hybridized carbons (Fsp3) is 0.545. The van der Waals surface area contributed by atoms with Crippen LogP contribution < -0.4 is 5.32 Å². The number of amides is 1. The highest BCUT2D eigenvalue weighted by Gasteiger charge is 2.15. The molecule has 0 bridgehead atoms. The monoisotopic (exact) mass is 403 g/mol. The third-order valence-electron chi connectivity index (χ3n) is 5.22. The lowest BCUT2D eigenvalue weighted by molar-refractivity contribution is -0.121. The second kappa shape index (κ2) is 10.6. The zero-order valence-electron chi connectivity index (χ0n) is 16.6. The summed E-state index contributed by atoms with van der Waals surface area (Å²) >= 11 is 6.18. The quantitative estimate of drug-likeness (QED) is 0.623. The van der Waals surface area contributed by atoms with Crippen molar-refractivity contribution >= 4 is 17.5 Å². The van der Waals surface area contributed by atoms with Crippen LogP contribution in [0.15, 0.2) is 34.9 Å². The first-order chi connectivity index (χ1) is 13.6. The van der Waals surface area contributed by atoms with E-state index in [-0.39, 0.29) is 5.91 Å². The Morgan fingerprint density at radius 3 is 3.04 bits per heavy atom. The van der Waals surface area contributed by atoms with Gasteiger partial charge in [0.1, 0.15) is 0 Å². The Morgan fingerprint density at radius 2 is 2.21 bits per heavy atom. The Morgan fingerprint density at radius 1 is 1.36 bits per heavy atom. The molecule has 1 aliphatic rings. The van der Waals surface area contributed by atoms with Gasteiger partial charge in [0.05, 0.1) is 11.2 Å². The SMILES string of the molecule is CC1CCCN(CCCCNC(=O)CCc2ncc(-c3ccccc3Cl)o2)C1. The standard InChI is InChI=1S/C22H30ClN3O2/c1-17-7-6-14-26(16-17)13-5-4-12-24-21(27)10-11-22-25-15-20(28-22)18-8-2-3-9-19(18)23/h2-3,8-9,15,17H,4-7,10-14,16H2,1H3,(H,24,27). The van der Waals surface area contributed by atoms with E-state index in [0.29, 0.717) is 29.5 Å². The second-order valence-electron chi connectivity index (χ2n) is 7.70. The third-order valence-corrected chi connectivity index (χ3v) is 5.55. The van der Waals surface area contributed by atoms with Crippen molar-refractivity contribution in [1.82, 2.24) is 15.2 Å². The molecule has 0 aliphatic carbocycles. The summed E-state index contributed by atoms with van der Waals surface area (Å²) in [6.45, 7) is 6.65. The minimum absolute atomic E-state index is 0.0455. The molecule has 5 nitrogen and oxygen atoms in total. The minimum atomic E-state index is 0.0455. The molecule has 0 spiro atoms. The molecule has 2 aromatic rings. The van der Waals surface area contributed by atoms with Crippen molar-refractivity contribution in [2.45, 2.75) is 45.4 Å². The minimum Gasteiger partial charge on any atom is -0.441 e. The van der Waals surface area contributed by atoms with Crippen molar-refractivity contribution in [1.29, 1.82) is 0 Å². The lowest BCUT2D eigenvalue weighted by Gasteiger charge is -2.30. The average molecular weight is 404 g/mol. The Hall–Kier alpha value is -1.85. The van der Waals surface area contributed by atoms with Gasteiger partial charge in [0, 0.05) is 31.5 Å². The van der Waals surface area contributed by atoms with E-state index < -0.39 is 0 Å². The van der Waals surface area contributed by atoms with E-state index >= 15 is 0 Å². The van der Waals surface area contributed by atoms with Crippen molar-refractivity contribution in [3.63, 3.8) is 0 Å². The number of nitrogens with one attached hydrogen (secondary N) is 1. The van der Waals surface area contributed by atoms with Crippen LogP contribution in [0, 0.1) is 5.92 Å². The molecule has 28 heavy (non-hydrogen) atoms. The Balaban J connectivity index is 1.31. The molecular formula is C22H30ClN3O2. The van der Waals surface area contributed by atoms with Crippen LogP contribution in [0.2, 0.25) is 5.02 Å². The van der Waals surface area contributed by atoms with Gasteiger partial charge in [-0.2, -0.15) is 0 Å². The second-order valence-corrected chi connectivity index (χ2v) is 8.11. The Kier molecular flexibility index (Phi) is 7.92. The molecule has 3 rings (SSSR count). The number of piperidine rings is 1. The van der Waals surface area contributed by atoms with Gasteiger partial charge in [-0.15, -0.1) is 0 Å². The zero-order chi connectivity index (χ0) is 19.8.